The number of hydrogen-bond donors (Lipinski definition) is 3. The Balaban J connectivity index is 1.15. The van der Waals surface area contributed by atoms with Gasteiger partial charge in [-0.2, -0.15) is 0 Å². The summed E-state index contributed by atoms with van der Waals surface area (Å²) < 4.78 is 12.1. The molecule has 52 heavy (non-hydrogen) atoms. The lowest BCUT2D eigenvalue weighted by molar-refractivity contribution is -0.151. The predicted molar refractivity (Wildman–Crippen MR) is 197 cm³/mol. The monoisotopic (exact) mass is 703 g/mol. The highest BCUT2D eigenvalue weighted by Gasteiger charge is 2.66. The van der Waals surface area contributed by atoms with E-state index < -0.39 is 29.1 Å². The molecule has 4 aromatic rings. The third-order valence-electron chi connectivity index (χ3n) is 11.0. The van der Waals surface area contributed by atoms with Gasteiger partial charge in [0.2, 0.25) is 5.91 Å². The molecule has 5 atom stereocenters. The zero-order chi connectivity index (χ0) is 36.8. The van der Waals surface area contributed by atoms with Crippen LogP contribution in [-0.2, 0) is 39.4 Å². The molecule has 3 aliphatic heterocycles. The SMILES string of the molecule is COc1ccc(C(=O)Nc2cccc(CN3C(=O)[C@@]4(O[C@@H](CC(=O)N5Cc6ccccc6C[C@H]5CO)[C@H](C(C)(C)O)[C@H]4C)c4ccccc43)c2)cc1. The first-order valence-corrected chi connectivity index (χ1v) is 17.8. The lowest BCUT2D eigenvalue weighted by Gasteiger charge is -2.38. The van der Waals surface area contributed by atoms with Gasteiger partial charge in [-0.25, -0.2) is 0 Å². The number of ether oxygens (including phenoxy) is 2. The number of aliphatic hydroxyl groups excluding tert-OH is 1. The van der Waals surface area contributed by atoms with E-state index in [4.69, 9.17) is 9.47 Å². The van der Waals surface area contributed by atoms with Crippen molar-refractivity contribution in [2.45, 2.75) is 70.1 Å². The molecule has 3 heterocycles. The highest BCUT2D eigenvalue weighted by Crippen LogP contribution is 2.58. The molecular formula is C42H45N3O7. The highest BCUT2D eigenvalue weighted by atomic mass is 16.5. The van der Waals surface area contributed by atoms with Crippen LogP contribution in [0.2, 0.25) is 0 Å². The van der Waals surface area contributed by atoms with Crippen LogP contribution in [-0.4, -0.2) is 64.3 Å². The number of aliphatic hydroxyl groups is 2. The Morgan fingerprint density at radius 2 is 1.69 bits per heavy atom. The van der Waals surface area contributed by atoms with E-state index in [-0.39, 0.29) is 43.3 Å². The molecule has 0 unspecified atom stereocenters. The van der Waals surface area contributed by atoms with Crippen molar-refractivity contribution >= 4 is 29.1 Å². The van der Waals surface area contributed by atoms with Crippen LogP contribution in [0.15, 0.2) is 97.1 Å². The minimum atomic E-state index is -1.43. The maximum absolute atomic E-state index is 14.9. The first-order chi connectivity index (χ1) is 24.9. The first-order valence-electron chi connectivity index (χ1n) is 17.8. The number of carbonyl (C=O) groups excluding carboxylic acids is 3. The van der Waals surface area contributed by atoms with E-state index in [1.54, 1.807) is 61.1 Å². The van der Waals surface area contributed by atoms with Gasteiger partial charge < -0.3 is 34.8 Å². The lowest BCUT2D eigenvalue weighted by Crippen LogP contribution is -2.48. The molecule has 0 radical (unpaired) electrons. The molecule has 1 saturated heterocycles. The maximum atomic E-state index is 14.9. The minimum Gasteiger partial charge on any atom is -0.497 e. The second-order valence-corrected chi connectivity index (χ2v) is 14.7. The van der Waals surface area contributed by atoms with Crippen LogP contribution < -0.4 is 15.0 Å². The average molecular weight is 704 g/mol. The molecule has 10 heteroatoms. The summed E-state index contributed by atoms with van der Waals surface area (Å²) in [5, 5.41) is 24.8. The third kappa shape index (κ3) is 6.25. The van der Waals surface area contributed by atoms with Crippen molar-refractivity contribution in [1.29, 1.82) is 0 Å². The summed E-state index contributed by atoms with van der Waals surface area (Å²) >= 11 is 0. The molecule has 7 rings (SSSR count). The van der Waals surface area contributed by atoms with Gasteiger partial charge in [-0.1, -0.05) is 61.5 Å². The van der Waals surface area contributed by atoms with Crippen LogP contribution in [0.5, 0.6) is 5.75 Å². The number of anilines is 2. The van der Waals surface area contributed by atoms with E-state index in [1.807, 2.05) is 73.7 Å². The first kappa shape index (κ1) is 35.4. The Morgan fingerprint density at radius 3 is 2.40 bits per heavy atom. The van der Waals surface area contributed by atoms with Gasteiger partial charge in [0.1, 0.15) is 5.75 Å². The number of rotatable bonds is 9. The van der Waals surface area contributed by atoms with E-state index >= 15 is 0 Å². The molecule has 3 N–H and O–H groups in total. The van der Waals surface area contributed by atoms with Gasteiger partial charge in [0, 0.05) is 35.2 Å². The van der Waals surface area contributed by atoms with Crippen molar-refractivity contribution in [2.24, 2.45) is 11.8 Å². The molecule has 1 fully saturated rings. The van der Waals surface area contributed by atoms with E-state index in [0.29, 0.717) is 41.2 Å². The normalized spacial score (nSPS) is 23.8. The van der Waals surface area contributed by atoms with Crippen molar-refractivity contribution in [1.82, 2.24) is 4.90 Å². The average Bonchev–Trinajstić information content (AvgIpc) is 3.57. The number of para-hydroxylation sites is 1. The zero-order valence-corrected chi connectivity index (χ0v) is 29.9. The maximum Gasteiger partial charge on any atom is 0.264 e. The van der Waals surface area contributed by atoms with Crippen LogP contribution in [0.1, 0.15) is 59.8 Å². The van der Waals surface area contributed by atoms with Crippen LogP contribution in [0, 0.1) is 11.8 Å². The van der Waals surface area contributed by atoms with Crippen molar-refractivity contribution in [3.05, 3.63) is 125 Å². The summed E-state index contributed by atoms with van der Waals surface area (Å²) in [5.41, 5.74) is 2.69. The number of hydrogen-bond acceptors (Lipinski definition) is 7. The fourth-order valence-electron chi connectivity index (χ4n) is 8.60. The summed E-state index contributed by atoms with van der Waals surface area (Å²) in [5.74, 6) is -1.13. The van der Waals surface area contributed by atoms with E-state index in [9.17, 15) is 24.6 Å². The van der Waals surface area contributed by atoms with Crippen molar-refractivity contribution in [2.75, 3.05) is 23.9 Å². The van der Waals surface area contributed by atoms with Crippen LogP contribution >= 0.6 is 0 Å². The van der Waals surface area contributed by atoms with Gasteiger partial charge in [-0.3, -0.25) is 14.4 Å². The lowest BCUT2D eigenvalue weighted by atomic mass is 9.70. The Morgan fingerprint density at radius 1 is 0.981 bits per heavy atom. The van der Waals surface area contributed by atoms with Crippen LogP contribution in [0.25, 0.3) is 0 Å². The standard InChI is InChI=1S/C42H45N3O7/c1-26-38(41(2,3)50)36(22-37(47)44-24-30-12-6-5-11-29(30)21-32(44)25-46)52-42(26)34-14-7-8-15-35(34)45(40(42)49)23-27-10-9-13-31(20-27)43-39(48)28-16-18-33(51-4)19-17-28/h5-20,26,32,36,38,46,50H,21-25H2,1-4H3,(H,43,48)/t26-,32+,36+,38-,42+/m1/s1. The number of fused-ring (bicyclic) bond motifs is 3. The second-order valence-electron chi connectivity index (χ2n) is 14.7. The predicted octanol–water partition coefficient (Wildman–Crippen LogP) is 5.45. The minimum absolute atomic E-state index is 0.0508. The summed E-state index contributed by atoms with van der Waals surface area (Å²) in [7, 11) is 1.57. The fraction of sp³-hybridized carbons (Fsp3) is 0.357. The number of amides is 3. The summed E-state index contributed by atoms with van der Waals surface area (Å²) in [6.07, 6.45) is -0.274. The molecule has 0 saturated carbocycles. The van der Waals surface area contributed by atoms with Crippen LogP contribution in [0.3, 0.4) is 0 Å². The van der Waals surface area contributed by atoms with E-state index in [1.165, 1.54) is 0 Å². The van der Waals surface area contributed by atoms with Gasteiger partial charge in [0.15, 0.2) is 5.60 Å². The molecule has 4 aromatic carbocycles. The largest absolute Gasteiger partial charge is 0.497 e. The van der Waals surface area contributed by atoms with Crippen molar-refractivity contribution in [3.63, 3.8) is 0 Å². The molecule has 0 bridgehead atoms. The van der Waals surface area contributed by atoms with Gasteiger partial charge in [-0.05, 0) is 79.4 Å². The Bertz CT molecular complexity index is 1990. The van der Waals surface area contributed by atoms with E-state index in [0.717, 1.165) is 16.7 Å². The zero-order valence-electron chi connectivity index (χ0n) is 29.9. The fourth-order valence-corrected chi connectivity index (χ4v) is 8.60. The Labute approximate surface area is 304 Å². The smallest absolute Gasteiger partial charge is 0.264 e. The van der Waals surface area contributed by atoms with Crippen LogP contribution in [0.4, 0.5) is 11.4 Å². The second kappa shape index (κ2) is 13.8. The number of nitrogens with one attached hydrogen (secondary N) is 1. The van der Waals surface area contributed by atoms with Gasteiger partial charge in [-0.15, -0.1) is 0 Å². The molecule has 0 aliphatic carbocycles. The molecule has 10 nitrogen and oxygen atoms in total. The summed E-state index contributed by atoms with van der Waals surface area (Å²) in [6, 6.07) is 29.3. The Kier molecular flexibility index (Phi) is 9.41. The number of benzene rings is 4. The summed E-state index contributed by atoms with van der Waals surface area (Å²) in [4.78, 5) is 45.4. The van der Waals surface area contributed by atoms with Crippen molar-refractivity contribution < 1.29 is 34.1 Å². The molecule has 3 aliphatic rings. The van der Waals surface area contributed by atoms with Crippen molar-refractivity contribution in [3.8, 4) is 5.75 Å². The molecule has 0 aromatic heterocycles. The van der Waals surface area contributed by atoms with Gasteiger partial charge >= 0.3 is 0 Å². The molecule has 270 valence electrons. The number of carbonyl (C=O) groups is 3. The molecule has 3 amide bonds. The topological polar surface area (TPSA) is 129 Å². The quantitative estimate of drug-likeness (QED) is 0.212. The molecule has 1 spiro atoms. The van der Waals surface area contributed by atoms with E-state index in [2.05, 4.69) is 5.32 Å². The highest BCUT2D eigenvalue weighted by molar-refractivity contribution is 6.08. The van der Waals surface area contributed by atoms with Gasteiger partial charge in [0.25, 0.3) is 11.8 Å². The third-order valence-corrected chi connectivity index (χ3v) is 11.0. The number of methoxy groups -OCH3 is 1. The molecular weight excluding hydrogens is 658 g/mol. The Hall–Kier alpha value is -5.03. The summed E-state index contributed by atoms with van der Waals surface area (Å²) in [6.45, 7) is 5.74. The van der Waals surface area contributed by atoms with Gasteiger partial charge in [0.05, 0.1) is 50.1 Å². The number of nitrogens with zero attached hydrogens (tertiary/aromatic N) is 2.